The van der Waals surface area contributed by atoms with E-state index in [9.17, 15) is 0 Å². The molecule has 1 aliphatic rings. The molecule has 1 fully saturated rings. The lowest BCUT2D eigenvalue weighted by atomic mass is 9.98. The van der Waals surface area contributed by atoms with Gasteiger partial charge in [-0.15, -0.1) is 0 Å². The van der Waals surface area contributed by atoms with E-state index in [2.05, 4.69) is 28.7 Å². The van der Waals surface area contributed by atoms with Gasteiger partial charge in [-0.25, -0.2) is 9.97 Å². The molecule has 2 rings (SSSR count). The van der Waals surface area contributed by atoms with Gasteiger partial charge in [0.15, 0.2) is 0 Å². The first-order valence-electron chi connectivity index (χ1n) is 6.50. The van der Waals surface area contributed by atoms with Crippen molar-refractivity contribution in [1.29, 1.82) is 0 Å². The van der Waals surface area contributed by atoms with Gasteiger partial charge in [0, 0.05) is 31.7 Å². The summed E-state index contributed by atoms with van der Waals surface area (Å²) in [4.78, 5) is 11.1. The molecule has 4 nitrogen and oxygen atoms in total. The highest BCUT2D eigenvalue weighted by Crippen LogP contribution is 2.24. The molecule has 1 aromatic heterocycles. The standard InChI is InChI=1S/C13H20ClN3O/c1-9(2)13-15-11(14)7-12(16-13)17-5-3-10(8-18)4-6-17/h7,9-10,18H,3-6,8H2,1-2H3. The van der Waals surface area contributed by atoms with E-state index in [0.717, 1.165) is 37.6 Å². The van der Waals surface area contributed by atoms with Crippen molar-refractivity contribution in [3.05, 3.63) is 17.0 Å². The summed E-state index contributed by atoms with van der Waals surface area (Å²) in [7, 11) is 0. The largest absolute Gasteiger partial charge is 0.396 e. The number of hydrogen-bond donors (Lipinski definition) is 1. The van der Waals surface area contributed by atoms with Crippen LogP contribution in [-0.4, -0.2) is 34.8 Å². The zero-order valence-corrected chi connectivity index (χ0v) is 11.7. The molecule has 0 saturated carbocycles. The topological polar surface area (TPSA) is 49.2 Å². The van der Waals surface area contributed by atoms with Crippen LogP contribution in [0.4, 0.5) is 5.82 Å². The maximum absolute atomic E-state index is 9.14. The number of aliphatic hydroxyl groups is 1. The zero-order chi connectivity index (χ0) is 13.1. The SMILES string of the molecule is CC(C)c1nc(Cl)cc(N2CCC(CO)CC2)n1. The summed E-state index contributed by atoms with van der Waals surface area (Å²) >= 11 is 6.05. The Labute approximate surface area is 113 Å². The summed E-state index contributed by atoms with van der Waals surface area (Å²) in [5, 5.41) is 9.65. The molecule has 100 valence electrons. The Balaban J connectivity index is 2.13. The van der Waals surface area contributed by atoms with Crippen LogP contribution in [0.2, 0.25) is 5.15 Å². The first-order valence-corrected chi connectivity index (χ1v) is 6.88. The Kier molecular flexibility index (Phi) is 4.40. The van der Waals surface area contributed by atoms with Gasteiger partial charge < -0.3 is 10.0 Å². The average Bonchev–Trinajstić information content (AvgIpc) is 2.38. The molecule has 2 heterocycles. The molecule has 0 aromatic carbocycles. The smallest absolute Gasteiger partial charge is 0.135 e. The maximum Gasteiger partial charge on any atom is 0.135 e. The lowest BCUT2D eigenvalue weighted by molar-refractivity contribution is 0.202. The Hall–Kier alpha value is -0.870. The Morgan fingerprint density at radius 1 is 1.39 bits per heavy atom. The van der Waals surface area contributed by atoms with Gasteiger partial charge in [0.05, 0.1) is 0 Å². The summed E-state index contributed by atoms with van der Waals surface area (Å²) in [6.07, 6.45) is 2.02. The van der Waals surface area contributed by atoms with E-state index in [-0.39, 0.29) is 12.5 Å². The summed E-state index contributed by atoms with van der Waals surface area (Å²) < 4.78 is 0. The lowest BCUT2D eigenvalue weighted by Gasteiger charge is -2.32. The molecular weight excluding hydrogens is 250 g/mol. The minimum absolute atomic E-state index is 0.275. The molecule has 0 bridgehead atoms. The van der Waals surface area contributed by atoms with E-state index in [0.29, 0.717) is 11.1 Å². The first kappa shape index (κ1) is 13.6. The van der Waals surface area contributed by atoms with Crippen molar-refractivity contribution in [3.63, 3.8) is 0 Å². The second-order valence-corrected chi connectivity index (χ2v) is 5.56. The Morgan fingerprint density at radius 2 is 2.06 bits per heavy atom. The van der Waals surface area contributed by atoms with Crippen molar-refractivity contribution in [1.82, 2.24) is 9.97 Å². The molecule has 0 aliphatic carbocycles. The van der Waals surface area contributed by atoms with Gasteiger partial charge in [-0.2, -0.15) is 0 Å². The highest BCUT2D eigenvalue weighted by Gasteiger charge is 2.20. The molecule has 0 unspecified atom stereocenters. The minimum atomic E-state index is 0.275. The molecule has 0 atom stereocenters. The van der Waals surface area contributed by atoms with E-state index in [1.165, 1.54) is 0 Å². The van der Waals surface area contributed by atoms with Crippen LogP contribution in [0.1, 0.15) is 38.4 Å². The molecule has 18 heavy (non-hydrogen) atoms. The van der Waals surface area contributed by atoms with Gasteiger partial charge in [-0.1, -0.05) is 25.4 Å². The number of hydrogen-bond acceptors (Lipinski definition) is 4. The third-order valence-electron chi connectivity index (χ3n) is 3.41. The van der Waals surface area contributed by atoms with Crippen molar-refractivity contribution in [2.45, 2.75) is 32.6 Å². The molecular formula is C13H20ClN3O. The molecule has 1 N–H and O–H groups in total. The molecule has 1 aromatic rings. The Bertz CT molecular complexity index is 403. The fourth-order valence-electron chi connectivity index (χ4n) is 2.19. The van der Waals surface area contributed by atoms with Crippen LogP contribution in [0.15, 0.2) is 6.07 Å². The van der Waals surface area contributed by atoms with Crippen molar-refractivity contribution in [2.75, 3.05) is 24.6 Å². The number of nitrogens with zero attached hydrogens (tertiary/aromatic N) is 3. The second-order valence-electron chi connectivity index (χ2n) is 5.17. The van der Waals surface area contributed by atoms with E-state index in [1.54, 1.807) is 0 Å². The van der Waals surface area contributed by atoms with E-state index >= 15 is 0 Å². The average molecular weight is 270 g/mol. The number of anilines is 1. The molecule has 5 heteroatoms. The normalized spacial score (nSPS) is 17.5. The number of halogens is 1. The van der Waals surface area contributed by atoms with Gasteiger partial charge >= 0.3 is 0 Å². The Morgan fingerprint density at radius 3 is 2.61 bits per heavy atom. The van der Waals surface area contributed by atoms with Crippen molar-refractivity contribution in [2.24, 2.45) is 5.92 Å². The predicted molar refractivity (Wildman–Crippen MR) is 73.2 cm³/mol. The maximum atomic E-state index is 9.14. The number of rotatable bonds is 3. The zero-order valence-electron chi connectivity index (χ0n) is 10.9. The first-order chi connectivity index (χ1) is 8.60. The fraction of sp³-hybridized carbons (Fsp3) is 0.692. The predicted octanol–water partition coefficient (Wildman–Crippen LogP) is 2.46. The third kappa shape index (κ3) is 3.12. The van der Waals surface area contributed by atoms with E-state index in [4.69, 9.17) is 16.7 Å². The van der Waals surface area contributed by atoms with Crippen LogP contribution in [0, 0.1) is 5.92 Å². The van der Waals surface area contributed by atoms with Crippen LogP contribution in [-0.2, 0) is 0 Å². The highest BCUT2D eigenvalue weighted by atomic mass is 35.5. The van der Waals surface area contributed by atoms with Crippen molar-refractivity contribution < 1.29 is 5.11 Å². The number of aliphatic hydroxyl groups excluding tert-OH is 1. The van der Waals surface area contributed by atoms with Gasteiger partial charge in [0.2, 0.25) is 0 Å². The summed E-state index contributed by atoms with van der Waals surface area (Å²) in [6.45, 7) is 6.27. The van der Waals surface area contributed by atoms with Crippen LogP contribution >= 0.6 is 11.6 Å². The van der Waals surface area contributed by atoms with E-state index < -0.39 is 0 Å². The summed E-state index contributed by atoms with van der Waals surface area (Å²) in [5.74, 6) is 2.41. The molecule has 0 radical (unpaired) electrons. The van der Waals surface area contributed by atoms with Gasteiger partial charge in [-0.3, -0.25) is 0 Å². The number of aromatic nitrogens is 2. The fourth-order valence-corrected chi connectivity index (χ4v) is 2.37. The molecule has 1 aliphatic heterocycles. The van der Waals surface area contributed by atoms with Crippen molar-refractivity contribution >= 4 is 17.4 Å². The molecule has 0 spiro atoms. The molecule has 1 saturated heterocycles. The summed E-state index contributed by atoms with van der Waals surface area (Å²) in [6, 6.07) is 1.83. The number of piperidine rings is 1. The van der Waals surface area contributed by atoms with Crippen molar-refractivity contribution in [3.8, 4) is 0 Å². The van der Waals surface area contributed by atoms with Crippen LogP contribution in [0.3, 0.4) is 0 Å². The molecule has 0 amide bonds. The second kappa shape index (κ2) is 5.85. The van der Waals surface area contributed by atoms with Gasteiger partial charge in [0.1, 0.15) is 16.8 Å². The minimum Gasteiger partial charge on any atom is -0.396 e. The van der Waals surface area contributed by atoms with Crippen LogP contribution in [0.25, 0.3) is 0 Å². The van der Waals surface area contributed by atoms with Gasteiger partial charge in [-0.05, 0) is 18.8 Å². The third-order valence-corrected chi connectivity index (χ3v) is 3.61. The van der Waals surface area contributed by atoms with E-state index in [1.807, 2.05) is 6.07 Å². The van der Waals surface area contributed by atoms with Gasteiger partial charge in [0.25, 0.3) is 0 Å². The quantitative estimate of drug-likeness (QED) is 0.857. The summed E-state index contributed by atoms with van der Waals surface area (Å²) in [5.41, 5.74) is 0. The van der Waals surface area contributed by atoms with Crippen LogP contribution < -0.4 is 4.90 Å². The monoisotopic (exact) mass is 269 g/mol. The lowest BCUT2D eigenvalue weighted by Crippen LogP contribution is -2.35. The highest BCUT2D eigenvalue weighted by molar-refractivity contribution is 6.29. The van der Waals surface area contributed by atoms with Crippen LogP contribution in [0.5, 0.6) is 0 Å².